The van der Waals surface area contributed by atoms with Crippen LogP contribution in [0.4, 0.5) is 5.69 Å². The molecule has 0 aliphatic heterocycles. The van der Waals surface area contributed by atoms with Crippen molar-refractivity contribution in [3.8, 4) is 0 Å². The lowest BCUT2D eigenvalue weighted by Crippen LogP contribution is -2.17. The van der Waals surface area contributed by atoms with Gasteiger partial charge in [0.05, 0.1) is 10.1 Å². The van der Waals surface area contributed by atoms with Crippen LogP contribution in [-0.2, 0) is 16.4 Å². The van der Waals surface area contributed by atoms with E-state index in [1.807, 2.05) is 31.2 Å². The van der Waals surface area contributed by atoms with Crippen molar-refractivity contribution >= 4 is 21.4 Å². The lowest BCUT2D eigenvalue weighted by Gasteiger charge is -2.12. The van der Waals surface area contributed by atoms with Crippen molar-refractivity contribution in [2.24, 2.45) is 0 Å². The van der Waals surface area contributed by atoms with E-state index in [0.717, 1.165) is 17.8 Å². The van der Waals surface area contributed by atoms with Crippen LogP contribution in [0.3, 0.4) is 0 Å². The van der Waals surface area contributed by atoms with Gasteiger partial charge in [0.2, 0.25) is 0 Å². The molecule has 0 unspecified atom stereocenters. The molecule has 5 nitrogen and oxygen atoms in total. The molecule has 134 valence electrons. The fraction of sp³-hybridized carbons (Fsp3) is 0.316. The minimum Gasteiger partial charge on any atom is -0.322 e. The standard InChI is InChI=1S/C19H24N2O3S/c1-4-20-13-16-7-5-6-8-18(16)21-19(22)15-9-11-17(12-10-15)25(23,24)14(2)3/h5-12,14,20H,4,13H2,1-3H3,(H,21,22). The number of hydrogen-bond acceptors (Lipinski definition) is 4. The molecule has 0 radical (unpaired) electrons. The molecule has 0 spiro atoms. The average molecular weight is 360 g/mol. The topological polar surface area (TPSA) is 75.3 Å². The van der Waals surface area contributed by atoms with E-state index in [1.165, 1.54) is 24.3 Å². The van der Waals surface area contributed by atoms with Crippen LogP contribution in [0.25, 0.3) is 0 Å². The van der Waals surface area contributed by atoms with Gasteiger partial charge in [-0.05, 0) is 56.3 Å². The van der Waals surface area contributed by atoms with Gasteiger partial charge in [-0.15, -0.1) is 0 Å². The second kappa shape index (κ2) is 8.27. The summed E-state index contributed by atoms with van der Waals surface area (Å²) in [7, 11) is -3.34. The number of rotatable bonds is 7. The van der Waals surface area contributed by atoms with Crippen LogP contribution < -0.4 is 10.6 Å². The molecule has 0 heterocycles. The lowest BCUT2D eigenvalue weighted by atomic mass is 10.1. The van der Waals surface area contributed by atoms with Crippen LogP contribution in [0.1, 0.15) is 36.7 Å². The highest BCUT2D eigenvalue weighted by molar-refractivity contribution is 7.92. The Morgan fingerprint density at radius 2 is 1.68 bits per heavy atom. The molecule has 0 atom stereocenters. The summed E-state index contributed by atoms with van der Waals surface area (Å²) < 4.78 is 24.3. The molecule has 0 bridgehead atoms. The number of hydrogen-bond donors (Lipinski definition) is 2. The van der Waals surface area contributed by atoms with E-state index in [2.05, 4.69) is 10.6 Å². The maximum absolute atomic E-state index is 12.5. The summed E-state index contributed by atoms with van der Waals surface area (Å²) in [6.07, 6.45) is 0. The highest BCUT2D eigenvalue weighted by Crippen LogP contribution is 2.19. The third-order valence-corrected chi connectivity index (χ3v) is 6.07. The predicted molar refractivity (Wildman–Crippen MR) is 101 cm³/mol. The molecular weight excluding hydrogens is 336 g/mol. The Morgan fingerprint density at radius 1 is 1.04 bits per heavy atom. The van der Waals surface area contributed by atoms with Crippen molar-refractivity contribution in [1.29, 1.82) is 0 Å². The molecule has 6 heteroatoms. The number of carbonyl (C=O) groups is 1. The second-order valence-corrected chi connectivity index (χ2v) is 8.51. The molecule has 2 aromatic rings. The van der Waals surface area contributed by atoms with Gasteiger partial charge in [-0.2, -0.15) is 0 Å². The maximum atomic E-state index is 12.5. The van der Waals surface area contributed by atoms with Crippen molar-refractivity contribution in [1.82, 2.24) is 5.32 Å². The summed E-state index contributed by atoms with van der Waals surface area (Å²) in [5, 5.41) is 5.63. The fourth-order valence-corrected chi connectivity index (χ4v) is 3.38. The van der Waals surface area contributed by atoms with E-state index >= 15 is 0 Å². The Morgan fingerprint density at radius 3 is 2.28 bits per heavy atom. The third kappa shape index (κ3) is 4.67. The molecule has 0 aliphatic rings. The summed E-state index contributed by atoms with van der Waals surface area (Å²) in [5.74, 6) is -0.266. The summed E-state index contributed by atoms with van der Waals surface area (Å²) in [6, 6.07) is 13.6. The number of para-hydroxylation sites is 1. The zero-order valence-electron chi connectivity index (χ0n) is 14.7. The normalized spacial score (nSPS) is 11.5. The van der Waals surface area contributed by atoms with Crippen LogP contribution in [0, 0.1) is 0 Å². The van der Waals surface area contributed by atoms with Gasteiger partial charge < -0.3 is 10.6 Å². The van der Waals surface area contributed by atoms with Crippen molar-refractivity contribution < 1.29 is 13.2 Å². The Kier molecular flexibility index (Phi) is 6.33. The van der Waals surface area contributed by atoms with E-state index in [0.29, 0.717) is 12.1 Å². The fourth-order valence-electron chi connectivity index (χ4n) is 2.32. The molecule has 2 rings (SSSR count). The first kappa shape index (κ1) is 19.1. The number of anilines is 1. The predicted octanol–water partition coefficient (Wildman–Crippen LogP) is 3.23. The molecular formula is C19H24N2O3S. The van der Waals surface area contributed by atoms with Crippen molar-refractivity contribution in [2.45, 2.75) is 37.5 Å². The van der Waals surface area contributed by atoms with Crippen LogP contribution in [-0.4, -0.2) is 26.1 Å². The highest BCUT2D eigenvalue weighted by Gasteiger charge is 2.19. The second-order valence-electron chi connectivity index (χ2n) is 6.01. The SMILES string of the molecule is CCNCc1ccccc1NC(=O)c1ccc(S(=O)(=O)C(C)C)cc1. The Labute approximate surface area is 149 Å². The van der Waals surface area contributed by atoms with E-state index < -0.39 is 15.1 Å². The van der Waals surface area contributed by atoms with E-state index in [4.69, 9.17) is 0 Å². The van der Waals surface area contributed by atoms with E-state index in [1.54, 1.807) is 13.8 Å². The van der Waals surface area contributed by atoms with Crippen molar-refractivity contribution in [2.75, 3.05) is 11.9 Å². The summed E-state index contributed by atoms with van der Waals surface area (Å²) in [6.45, 7) is 6.80. The Hall–Kier alpha value is -2.18. The van der Waals surface area contributed by atoms with Crippen molar-refractivity contribution in [3.63, 3.8) is 0 Å². The third-order valence-electron chi connectivity index (χ3n) is 3.90. The first-order valence-electron chi connectivity index (χ1n) is 8.30. The molecule has 0 aromatic heterocycles. The van der Waals surface area contributed by atoms with Crippen LogP contribution in [0.15, 0.2) is 53.4 Å². The molecule has 0 saturated heterocycles. The van der Waals surface area contributed by atoms with Gasteiger partial charge in [-0.3, -0.25) is 4.79 Å². The summed E-state index contributed by atoms with van der Waals surface area (Å²) in [5.41, 5.74) is 2.16. The van der Waals surface area contributed by atoms with Gasteiger partial charge in [0, 0.05) is 17.8 Å². The van der Waals surface area contributed by atoms with Crippen LogP contribution in [0.2, 0.25) is 0 Å². The molecule has 0 saturated carbocycles. The Balaban J connectivity index is 2.17. The maximum Gasteiger partial charge on any atom is 0.255 e. The number of nitrogens with one attached hydrogen (secondary N) is 2. The summed E-state index contributed by atoms with van der Waals surface area (Å²) in [4.78, 5) is 12.7. The number of amides is 1. The quantitative estimate of drug-likeness (QED) is 0.795. The number of carbonyl (C=O) groups excluding carboxylic acids is 1. The highest BCUT2D eigenvalue weighted by atomic mass is 32.2. The van der Waals surface area contributed by atoms with Gasteiger partial charge in [-0.25, -0.2) is 8.42 Å². The number of benzene rings is 2. The molecule has 2 aromatic carbocycles. The average Bonchev–Trinajstić information content (AvgIpc) is 2.61. The first-order chi connectivity index (χ1) is 11.9. The zero-order valence-corrected chi connectivity index (χ0v) is 15.6. The molecule has 0 aliphatic carbocycles. The van der Waals surface area contributed by atoms with Crippen LogP contribution in [0.5, 0.6) is 0 Å². The molecule has 1 amide bonds. The molecule has 0 fully saturated rings. The van der Waals surface area contributed by atoms with Crippen molar-refractivity contribution in [3.05, 3.63) is 59.7 Å². The zero-order chi connectivity index (χ0) is 18.4. The monoisotopic (exact) mass is 360 g/mol. The summed E-state index contributed by atoms with van der Waals surface area (Å²) >= 11 is 0. The molecule has 25 heavy (non-hydrogen) atoms. The van der Waals surface area contributed by atoms with E-state index in [-0.39, 0.29) is 10.8 Å². The molecule has 2 N–H and O–H groups in total. The Bertz CT molecular complexity index is 828. The largest absolute Gasteiger partial charge is 0.322 e. The van der Waals surface area contributed by atoms with Gasteiger partial charge in [0.25, 0.3) is 5.91 Å². The lowest BCUT2D eigenvalue weighted by molar-refractivity contribution is 0.102. The van der Waals surface area contributed by atoms with Gasteiger partial charge in [0.15, 0.2) is 9.84 Å². The number of sulfone groups is 1. The minimum atomic E-state index is -3.34. The van der Waals surface area contributed by atoms with E-state index in [9.17, 15) is 13.2 Å². The van der Waals surface area contributed by atoms with Gasteiger partial charge in [0.1, 0.15) is 0 Å². The van der Waals surface area contributed by atoms with Crippen LogP contribution >= 0.6 is 0 Å². The van der Waals surface area contributed by atoms with Gasteiger partial charge >= 0.3 is 0 Å². The van der Waals surface area contributed by atoms with Gasteiger partial charge in [-0.1, -0.05) is 25.1 Å². The smallest absolute Gasteiger partial charge is 0.255 e. The first-order valence-corrected chi connectivity index (χ1v) is 9.84. The minimum absolute atomic E-state index is 0.228.